The molecule has 6 heteroatoms. The van der Waals surface area contributed by atoms with Gasteiger partial charge in [0, 0.05) is 25.9 Å². The number of hydroxylamine groups is 1. The number of hydrogen-bond acceptors (Lipinski definition) is 4. The molecule has 1 saturated heterocycles. The molecule has 1 atom stereocenters. The van der Waals surface area contributed by atoms with Crippen molar-refractivity contribution in [2.75, 3.05) is 6.61 Å². The van der Waals surface area contributed by atoms with Crippen LogP contribution in [0.1, 0.15) is 51.4 Å². The molecule has 1 heterocycles. The molecule has 0 aromatic carbocycles. The number of nitrogens with one attached hydrogen (secondary N) is 1. The number of hydrogen-bond donors (Lipinski definition) is 2. The summed E-state index contributed by atoms with van der Waals surface area (Å²) in [4.78, 5) is 26.8. The Kier molecular flexibility index (Phi) is 7.36. The van der Waals surface area contributed by atoms with E-state index < -0.39 is 5.97 Å². The quantitative estimate of drug-likeness (QED) is 0.511. The van der Waals surface area contributed by atoms with Gasteiger partial charge in [0.1, 0.15) is 0 Å². The molecule has 0 bridgehead atoms. The highest BCUT2D eigenvalue weighted by Gasteiger charge is 2.15. The van der Waals surface area contributed by atoms with Crippen LogP contribution in [0.25, 0.3) is 0 Å². The molecule has 2 N–H and O–H groups in total. The van der Waals surface area contributed by atoms with Gasteiger partial charge < -0.3 is 9.84 Å². The minimum atomic E-state index is -0.794. The Morgan fingerprint density at radius 1 is 1.22 bits per heavy atom. The molecule has 0 saturated carbocycles. The Morgan fingerprint density at radius 3 is 2.67 bits per heavy atom. The molecule has 18 heavy (non-hydrogen) atoms. The van der Waals surface area contributed by atoms with Crippen LogP contribution < -0.4 is 5.48 Å². The summed E-state index contributed by atoms with van der Waals surface area (Å²) < 4.78 is 5.30. The summed E-state index contributed by atoms with van der Waals surface area (Å²) >= 11 is 0. The average molecular weight is 259 g/mol. The molecule has 0 aromatic heterocycles. The maximum absolute atomic E-state index is 11.4. The van der Waals surface area contributed by atoms with Gasteiger partial charge >= 0.3 is 5.97 Å². The van der Waals surface area contributed by atoms with E-state index in [0.717, 1.165) is 25.7 Å². The first-order valence-electron chi connectivity index (χ1n) is 6.46. The van der Waals surface area contributed by atoms with Crippen molar-refractivity contribution in [3.05, 3.63) is 0 Å². The van der Waals surface area contributed by atoms with Gasteiger partial charge in [0.05, 0.1) is 0 Å². The Balaban J connectivity index is 1.94. The normalized spacial score (nSPS) is 19.4. The number of carbonyl (C=O) groups is 2. The van der Waals surface area contributed by atoms with Crippen LogP contribution in [-0.2, 0) is 19.2 Å². The molecule has 6 nitrogen and oxygen atoms in total. The second kappa shape index (κ2) is 8.88. The van der Waals surface area contributed by atoms with Crippen LogP contribution in [0, 0.1) is 0 Å². The van der Waals surface area contributed by atoms with Crippen molar-refractivity contribution in [3.63, 3.8) is 0 Å². The lowest BCUT2D eigenvalue weighted by molar-refractivity contribution is -0.200. The number of rotatable bonds is 8. The van der Waals surface area contributed by atoms with E-state index in [4.69, 9.17) is 14.7 Å². The van der Waals surface area contributed by atoms with Gasteiger partial charge in [-0.05, 0) is 25.7 Å². The van der Waals surface area contributed by atoms with Gasteiger partial charge in [0.15, 0.2) is 6.29 Å². The number of unbranched alkanes of at least 4 members (excludes halogenated alkanes) is 2. The monoisotopic (exact) mass is 259 g/mol. The molecule has 1 rings (SSSR count). The standard InChI is InChI=1S/C12H21NO5/c14-10(6-2-1-3-7-11(15)16)13-18-12-8-4-5-9-17-12/h12H,1-9H2,(H,13,14)(H,15,16). The minimum Gasteiger partial charge on any atom is -0.481 e. The number of ether oxygens (including phenoxy) is 1. The molecule has 1 aliphatic rings. The average Bonchev–Trinajstić information content (AvgIpc) is 2.37. The number of carboxylic acid groups (broad SMARTS) is 1. The van der Waals surface area contributed by atoms with E-state index in [1.165, 1.54) is 0 Å². The topological polar surface area (TPSA) is 84.9 Å². The highest BCUT2D eigenvalue weighted by Crippen LogP contribution is 2.12. The van der Waals surface area contributed by atoms with Crippen LogP contribution >= 0.6 is 0 Å². The van der Waals surface area contributed by atoms with Gasteiger partial charge in [-0.3, -0.25) is 9.59 Å². The fraction of sp³-hybridized carbons (Fsp3) is 0.833. The van der Waals surface area contributed by atoms with Crippen molar-refractivity contribution in [2.24, 2.45) is 0 Å². The van der Waals surface area contributed by atoms with Crippen LogP contribution in [0.15, 0.2) is 0 Å². The molecule has 0 aromatic rings. The van der Waals surface area contributed by atoms with Crippen molar-refractivity contribution in [1.82, 2.24) is 5.48 Å². The van der Waals surface area contributed by atoms with Crippen LogP contribution in [0.4, 0.5) is 0 Å². The van der Waals surface area contributed by atoms with Crippen LogP contribution in [0.2, 0.25) is 0 Å². The Labute approximate surface area is 107 Å². The van der Waals surface area contributed by atoms with Crippen molar-refractivity contribution < 1.29 is 24.3 Å². The SMILES string of the molecule is O=C(O)CCCCCC(=O)NOC1CCCCO1. The fourth-order valence-electron chi connectivity index (χ4n) is 1.73. The van der Waals surface area contributed by atoms with Crippen molar-refractivity contribution in [2.45, 2.75) is 57.7 Å². The van der Waals surface area contributed by atoms with Gasteiger partial charge in [0.25, 0.3) is 0 Å². The summed E-state index contributed by atoms with van der Waals surface area (Å²) in [5.41, 5.74) is 2.37. The van der Waals surface area contributed by atoms with Gasteiger partial charge in [-0.25, -0.2) is 10.3 Å². The lowest BCUT2D eigenvalue weighted by Crippen LogP contribution is -2.32. The molecule has 0 aliphatic carbocycles. The van der Waals surface area contributed by atoms with Crippen molar-refractivity contribution in [3.8, 4) is 0 Å². The van der Waals surface area contributed by atoms with E-state index in [0.29, 0.717) is 25.9 Å². The third-order valence-electron chi connectivity index (χ3n) is 2.74. The lowest BCUT2D eigenvalue weighted by Gasteiger charge is -2.22. The summed E-state index contributed by atoms with van der Waals surface area (Å²) in [6.45, 7) is 0.676. The smallest absolute Gasteiger partial charge is 0.303 e. The first-order valence-corrected chi connectivity index (χ1v) is 6.46. The summed E-state index contributed by atoms with van der Waals surface area (Å²) in [6.07, 6.45) is 5.10. The third kappa shape index (κ3) is 7.24. The van der Waals surface area contributed by atoms with E-state index in [1.54, 1.807) is 0 Å². The zero-order chi connectivity index (χ0) is 13.2. The predicted octanol–water partition coefficient (Wildman–Crippen LogP) is 1.60. The van der Waals surface area contributed by atoms with E-state index in [-0.39, 0.29) is 18.6 Å². The molecule has 0 radical (unpaired) electrons. The van der Waals surface area contributed by atoms with Crippen molar-refractivity contribution in [1.29, 1.82) is 0 Å². The molecular formula is C12H21NO5. The van der Waals surface area contributed by atoms with Gasteiger partial charge in [-0.1, -0.05) is 6.42 Å². The second-order valence-corrected chi connectivity index (χ2v) is 4.39. The highest BCUT2D eigenvalue weighted by molar-refractivity contribution is 5.74. The summed E-state index contributed by atoms with van der Waals surface area (Å²) in [5, 5.41) is 8.44. The third-order valence-corrected chi connectivity index (χ3v) is 2.74. The largest absolute Gasteiger partial charge is 0.481 e. The summed E-state index contributed by atoms with van der Waals surface area (Å²) in [7, 11) is 0. The number of carbonyl (C=O) groups excluding carboxylic acids is 1. The van der Waals surface area contributed by atoms with Gasteiger partial charge in [0.2, 0.25) is 5.91 Å². The Hall–Kier alpha value is -1.14. The highest BCUT2D eigenvalue weighted by atomic mass is 16.8. The van der Waals surface area contributed by atoms with Gasteiger partial charge in [-0.15, -0.1) is 0 Å². The van der Waals surface area contributed by atoms with E-state index >= 15 is 0 Å². The molecule has 1 fully saturated rings. The van der Waals surface area contributed by atoms with E-state index in [1.807, 2.05) is 0 Å². The Morgan fingerprint density at radius 2 is 2.00 bits per heavy atom. The molecule has 104 valence electrons. The zero-order valence-corrected chi connectivity index (χ0v) is 10.5. The first-order chi connectivity index (χ1) is 8.68. The molecule has 1 unspecified atom stereocenters. The lowest BCUT2D eigenvalue weighted by atomic mass is 10.1. The van der Waals surface area contributed by atoms with E-state index in [2.05, 4.69) is 5.48 Å². The zero-order valence-electron chi connectivity index (χ0n) is 10.5. The molecular weight excluding hydrogens is 238 g/mol. The van der Waals surface area contributed by atoms with Crippen LogP contribution in [0.5, 0.6) is 0 Å². The maximum Gasteiger partial charge on any atom is 0.303 e. The fourth-order valence-corrected chi connectivity index (χ4v) is 1.73. The maximum atomic E-state index is 11.4. The summed E-state index contributed by atoms with van der Waals surface area (Å²) in [5.74, 6) is -0.975. The van der Waals surface area contributed by atoms with Crippen LogP contribution in [0.3, 0.4) is 0 Å². The number of carboxylic acids is 1. The second-order valence-electron chi connectivity index (χ2n) is 4.39. The minimum absolute atomic E-state index is 0.161. The summed E-state index contributed by atoms with van der Waals surface area (Å²) in [6, 6.07) is 0. The number of amides is 1. The predicted molar refractivity (Wildman–Crippen MR) is 63.5 cm³/mol. The first kappa shape index (κ1) is 14.9. The Bertz CT molecular complexity index is 263. The van der Waals surface area contributed by atoms with Crippen molar-refractivity contribution >= 4 is 11.9 Å². The molecule has 0 spiro atoms. The van der Waals surface area contributed by atoms with Gasteiger partial charge in [-0.2, -0.15) is 0 Å². The van der Waals surface area contributed by atoms with Crippen LogP contribution in [-0.4, -0.2) is 29.9 Å². The number of aliphatic carboxylic acids is 1. The van der Waals surface area contributed by atoms with E-state index in [9.17, 15) is 9.59 Å². The molecule has 1 aliphatic heterocycles. The molecule has 1 amide bonds.